The molecule has 1 aromatic carbocycles. The highest BCUT2D eigenvalue weighted by molar-refractivity contribution is 7.99. The van der Waals surface area contributed by atoms with Gasteiger partial charge in [-0.3, -0.25) is 9.48 Å². The highest BCUT2D eigenvalue weighted by Crippen LogP contribution is 2.19. The summed E-state index contributed by atoms with van der Waals surface area (Å²) in [4.78, 5) is 12.3. The fourth-order valence-corrected chi connectivity index (χ4v) is 3.45. The van der Waals surface area contributed by atoms with Gasteiger partial charge in [0.1, 0.15) is 11.6 Å². The summed E-state index contributed by atoms with van der Waals surface area (Å²) in [7, 11) is 1.80. The van der Waals surface area contributed by atoms with Crippen molar-refractivity contribution in [1.29, 1.82) is 0 Å². The van der Waals surface area contributed by atoms with E-state index in [4.69, 9.17) is 0 Å². The maximum absolute atomic E-state index is 12.3. The van der Waals surface area contributed by atoms with Gasteiger partial charge < -0.3 is 9.88 Å². The van der Waals surface area contributed by atoms with Crippen molar-refractivity contribution in [2.75, 3.05) is 11.1 Å². The van der Waals surface area contributed by atoms with E-state index in [0.29, 0.717) is 23.9 Å². The van der Waals surface area contributed by atoms with E-state index in [0.717, 1.165) is 17.1 Å². The van der Waals surface area contributed by atoms with E-state index >= 15 is 0 Å². The van der Waals surface area contributed by atoms with Crippen molar-refractivity contribution in [3.63, 3.8) is 0 Å². The van der Waals surface area contributed by atoms with Crippen LogP contribution in [0.25, 0.3) is 0 Å². The summed E-state index contributed by atoms with van der Waals surface area (Å²) < 4.78 is 3.64. The van der Waals surface area contributed by atoms with Crippen molar-refractivity contribution in [1.82, 2.24) is 24.5 Å². The Morgan fingerprint density at radius 2 is 2.07 bits per heavy atom. The number of allylic oxidation sites excluding steroid dienone is 1. The third-order valence-corrected chi connectivity index (χ3v) is 4.88. The quantitative estimate of drug-likeness (QED) is 0.479. The predicted molar refractivity (Wildman–Crippen MR) is 107 cm³/mol. The van der Waals surface area contributed by atoms with E-state index in [2.05, 4.69) is 39.3 Å². The van der Waals surface area contributed by atoms with Crippen molar-refractivity contribution in [3.8, 4) is 0 Å². The molecule has 0 saturated carbocycles. The lowest BCUT2D eigenvalue weighted by Gasteiger charge is -2.08. The molecule has 0 aliphatic heterocycles. The number of rotatable bonds is 8. The summed E-state index contributed by atoms with van der Waals surface area (Å²) in [6.07, 6.45) is 2.49. The molecule has 2 aromatic heterocycles. The van der Waals surface area contributed by atoms with Crippen LogP contribution >= 0.6 is 11.8 Å². The molecule has 1 amide bonds. The molecule has 27 heavy (non-hydrogen) atoms. The van der Waals surface area contributed by atoms with Gasteiger partial charge in [0.15, 0.2) is 5.16 Å². The lowest BCUT2D eigenvalue weighted by atomic mass is 10.1. The average Bonchev–Trinajstić information content (AvgIpc) is 3.17. The summed E-state index contributed by atoms with van der Waals surface area (Å²) in [6, 6.07) is 11.9. The number of hydrogen-bond donors (Lipinski definition) is 1. The smallest absolute Gasteiger partial charge is 0.235 e. The monoisotopic (exact) mass is 382 g/mol. The number of carbonyl (C=O) groups is 1. The van der Waals surface area contributed by atoms with Gasteiger partial charge in [0.05, 0.1) is 11.4 Å². The molecule has 0 bridgehead atoms. The van der Waals surface area contributed by atoms with Crippen LogP contribution in [-0.4, -0.2) is 36.2 Å². The van der Waals surface area contributed by atoms with Gasteiger partial charge in [-0.2, -0.15) is 5.10 Å². The molecule has 0 fully saturated rings. The number of carbonyl (C=O) groups excluding carboxylic acids is 1. The van der Waals surface area contributed by atoms with Crippen molar-refractivity contribution >= 4 is 23.5 Å². The van der Waals surface area contributed by atoms with Gasteiger partial charge in [0, 0.05) is 26.1 Å². The molecule has 0 unspecified atom stereocenters. The topological polar surface area (TPSA) is 77.6 Å². The van der Waals surface area contributed by atoms with E-state index in [1.54, 1.807) is 17.8 Å². The van der Waals surface area contributed by atoms with Crippen LogP contribution in [0.3, 0.4) is 0 Å². The number of anilines is 1. The van der Waals surface area contributed by atoms with Crippen molar-refractivity contribution in [2.24, 2.45) is 7.05 Å². The molecule has 140 valence electrons. The van der Waals surface area contributed by atoms with Crippen LogP contribution < -0.4 is 5.32 Å². The molecule has 0 aliphatic carbocycles. The van der Waals surface area contributed by atoms with E-state index in [9.17, 15) is 4.79 Å². The van der Waals surface area contributed by atoms with E-state index in [-0.39, 0.29) is 11.7 Å². The first kappa shape index (κ1) is 18.9. The molecule has 0 spiro atoms. The highest BCUT2D eigenvalue weighted by Gasteiger charge is 2.14. The summed E-state index contributed by atoms with van der Waals surface area (Å²) in [5, 5.41) is 16.4. The first-order chi connectivity index (χ1) is 13.1. The van der Waals surface area contributed by atoms with Gasteiger partial charge in [-0.1, -0.05) is 48.2 Å². The summed E-state index contributed by atoms with van der Waals surface area (Å²) >= 11 is 1.36. The second-order valence-corrected chi connectivity index (χ2v) is 7.03. The van der Waals surface area contributed by atoms with Crippen LogP contribution in [0.5, 0.6) is 0 Å². The molecule has 0 saturated heterocycles. The van der Waals surface area contributed by atoms with Crippen molar-refractivity contribution in [3.05, 3.63) is 66.1 Å². The Labute approximate surface area is 162 Å². The van der Waals surface area contributed by atoms with E-state index in [1.165, 1.54) is 11.8 Å². The second-order valence-electron chi connectivity index (χ2n) is 6.09. The fourth-order valence-electron chi connectivity index (χ4n) is 2.68. The lowest BCUT2D eigenvalue weighted by molar-refractivity contribution is -0.113. The van der Waals surface area contributed by atoms with Crippen LogP contribution in [0.1, 0.15) is 17.1 Å². The number of thioether (sulfide) groups is 1. The van der Waals surface area contributed by atoms with Gasteiger partial charge in [-0.15, -0.1) is 16.8 Å². The molecule has 3 rings (SSSR count). The Morgan fingerprint density at radius 3 is 2.74 bits per heavy atom. The van der Waals surface area contributed by atoms with Crippen LogP contribution in [0.15, 0.2) is 54.2 Å². The molecule has 0 atom stereocenters. The Kier molecular flexibility index (Phi) is 6.08. The third-order valence-electron chi connectivity index (χ3n) is 3.91. The minimum absolute atomic E-state index is 0.110. The third kappa shape index (κ3) is 4.85. The van der Waals surface area contributed by atoms with Gasteiger partial charge in [-0.25, -0.2) is 0 Å². The van der Waals surface area contributed by atoms with E-state index in [1.807, 2.05) is 35.8 Å². The molecule has 3 aromatic rings. The minimum atomic E-state index is -0.110. The number of nitrogens with one attached hydrogen (secondary N) is 1. The zero-order valence-corrected chi connectivity index (χ0v) is 16.2. The number of hydrogen-bond acceptors (Lipinski definition) is 5. The molecule has 0 aliphatic rings. The number of aromatic nitrogens is 5. The standard InChI is InChI=1S/C19H22N6OS/c1-4-10-25-17(12-15-8-6-5-7-9-15)21-22-19(25)27-13-18(26)20-16-11-14(2)23-24(16)3/h4-9,11H,1,10,12-13H2,2-3H3,(H,20,26). The number of aryl methyl sites for hydroxylation is 2. The van der Waals surface area contributed by atoms with E-state index < -0.39 is 0 Å². The summed E-state index contributed by atoms with van der Waals surface area (Å²) in [6.45, 7) is 6.30. The SMILES string of the molecule is C=CCn1c(Cc2ccccc2)nnc1SCC(=O)Nc1cc(C)nn1C. The molecule has 1 N–H and O–H groups in total. The Hall–Kier alpha value is -2.87. The maximum atomic E-state index is 12.3. The molecular formula is C19H22N6OS. The molecule has 2 heterocycles. The maximum Gasteiger partial charge on any atom is 0.235 e. The minimum Gasteiger partial charge on any atom is -0.310 e. The van der Waals surface area contributed by atoms with Crippen LogP contribution in [0, 0.1) is 6.92 Å². The largest absolute Gasteiger partial charge is 0.310 e. The Balaban J connectivity index is 1.66. The Bertz CT molecular complexity index is 931. The molecular weight excluding hydrogens is 360 g/mol. The number of nitrogens with zero attached hydrogens (tertiary/aromatic N) is 5. The number of benzene rings is 1. The average molecular weight is 382 g/mol. The first-order valence-corrected chi connectivity index (χ1v) is 9.55. The van der Waals surface area contributed by atoms with Crippen LogP contribution in [-0.2, 0) is 24.8 Å². The van der Waals surface area contributed by atoms with Gasteiger partial charge in [0.25, 0.3) is 0 Å². The summed E-state index contributed by atoms with van der Waals surface area (Å²) in [5.41, 5.74) is 2.02. The van der Waals surface area contributed by atoms with Crippen LogP contribution in [0.2, 0.25) is 0 Å². The Morgan fingerprint density at radius 1 is 1.30 bits per heavy atom. The molecule has 7 nitrogen and oxygen atoms in total. The summed E-state index contributed by atoms with van der Waals surface area (Å²) in [5.74, 6) is 1.66. The predicted octanol–water partition coefficient (Wildman–Crippen LogP) is 2.83. The first-order valence-electron chi connectivity index (χ1n) is 8.57. The second kappa shape index (κ2) is 8.68. The van der Waals surface area contributed by atoms with Crippen LogP contribution in [0.4, 0.5) is 5.82 Å². The fraction of sp³-hybridized carbons (Fsp3) is 0.263. The lowest BCUT2D eigenvalue weighted by Crippen LogP contribution is -2.17. The highest BCUT2D eigenvalue weighted by atomic mass is 32.2. The molecule has 8 heteroatoms. The zero-order chi connectivity index (χ0) is 19.2. The van der Waals surface area contributed by atoms with Crippen molar-refractivity contribution < 1.29 is 4.79 Å². The number of amides is 1. The van der Waals surface area contributed by atoms with Crippen molar-refractivity contribution in [2.45, 2.75) is 25.0 Å². The van der Waals surface area contributed by atoms with Gasteiger partial charge in [-0.05, 0) is 12.5 Å². The van der Waals surface area contributed by atoms with Gasteiger partial charge in [0.2, 0.25) is 5.91 Å². The molecule has 0 radical (unpaired) electrons. The normalized spacial score (nSPS) is 10.7. The zero-order valence-electron chi connectivity index (χ0n) is 15.4. The van der Waals surface area contributed by atoms with Gasteiger partial charge >= 0.3 is 0 Å².